The Morgan fingerprint density at radius 3 is 2.56 bits per heavy atom. The van der Waals surface area contributed by atoms with E-state index in [9.17, 15) is 9.59 Å². The van der Waals surface area contributed by atoms with Crippen LogP contribution in [-0.4, -0.2) is 18.7 Å². The highest BCUT2D eigenvalue weighted by Crippen LogP contribution is 2.44. The third-order valence-corrected chi connectivity index (χ3v) is 3.97. The Kier molecular flexibility index (Phi) is 2.99. The fourth-order valence-electron chi connectivity index (χ4n) is 2.07. The molecule has 0 aromatic heterocycles. The minimum Gasteiger partial charge on any atom is -0.309 e. The van der Waals surface area contributed by atoms with Crippen molar-refractivity contribution >= 4 is 40.6 Å². The van der Waals surface area contributed by atoms with Gasteiger partial charge in [-0.3, -0.25) is 9.59 Å². The number of halogens is 2. The second kappa shape index (κ2) is 4.11. The van der Waals surface area contributed by atoms with Gasteiger partial charge in [0.2, 0.25) is 5.78 Å². The lowest BCUT2D eigenvalue weighted by Crippen LogP contribution is -2.50. The van der Waals surface area contributed by atoms with Gasteiger partial charge in [-0.15, -0.1) is 0 Å². The van der Waals surface area contributed by atoms with E-state index >= 15 is 0 Å². The summed E-state index contributed by atoms with van der Waals surface area (Å²) in [4.78, 5) is 25.4. The van der Waals surface area contributed by atoms with Crippen LogP contribution in [0.25, 0.3) is 0 Å². The van der Waals surface area contributed by atoms with Crippen molar-refractivity contribution in [1.82, 2.24) is 0 Å². The molecule has 0 saturated heterocycles. The molecule has 1 atom stereocenters. The van der Waals surface area contributed by atoms with Gasteiger partial charge in [-0.2, -0.15) is 0 Å². The van der Waals surface area contributed by atoms with Gasteiger partial charge in [-0.1, -0.05) is 29.8 Å². The smallest absolute Gasteiger partial charge is 0.295 e. The number of carbonyl (C=O) groups excluding carboxylic acids is 2. The summed E-state index contributed by atoms with van der Waals surface area (Å²) in [5.41, 5.74) is -0.0128. The predicted molar refractivity (Wildman–Crippen MR) is 72.2 cm³/mol. The first kappa shape index (κ1) is 13.1. The molecule has 1 aromatic rings. The standard InChI is InChI=1S/C13H11Cl2NO2/c1-7(14)13(2)9-6-8(15)4-5-10(9)16(3)12(18)11(13)17/h4-6H,1H2,2-3H3. The van der Waals surface area contributed by atoms with Gasteiger partial charge in [0, 0.05) is 22.8 Å². The monoisotopic (exact) mass is 283 g/mol. The predicted octanol–water partition coefficient (Wildman–Crippen LogP) is 2.90. The van der Waals surface area contributed by atoms with Gasteiger partial charge in [0.05, 0.1) is 5.41 Å². The molecule has 0 N–H and O–H groups in total. The van der Waals surface area contributed by atoms with E-state index in [2.05, 4.69) is 6.58 Å². The van der Waals surface area contributed by atoms with E-state index in [1.807, 2.05) is 0 Å². The molecule has 5 heteroatoms. The SMILES string of the molecule is C=C(Cl)C1(C)C(=O)C(=O)N(C)c2ccc(Cl)cc21. The van der Waals surface area contributed by atoms with E-state index in [1.54, 1.807) is 32.2 Å². The summed E-state index contributed by atoms with van der Waals surface area (Å²) in [6, 6.07) is 5.00. The molecule has 1 aromatic carbocycles. The summed E-state index contributed by atoms with van der Waals surface area (Å²) in [5.74, 6) is -1.20. The van der Waals surface area contributed by atoms with Crippen molar-refractivity contribution in [2.45, 2.75) is 12.3 Å². The van der Waals surface area contributed by atoms with Crippen molar-refractivity contribution in [2.24, 2.45) is 0 Å². The zero-order chi connectivity index (χ0) is 13.7. The number of amides is 1. The van der Waals surface area contributed by atoms with Gasteiger partial charge in [-0.05, 0) is 30.7 Å². The molecule has 0 radical (unpaired) electrons. The quantitative estimate of drug-likeness (QED) is 0.744. The van der Waals surface area contributed by atoms with Crippen LogP contribution in [0.1, 0.15) is 12.5 Å². The van der Waals surface area contributed by atoms with Crippen LogP contribution in [0.3, 0.4) is 0 Å². The van der Waals surface area contributed by atoms with Crippen molar-refractivity contribution < 1.29 is 9.59 Å². The first-order valence-corrected chi connectivity index (χ1v) is 6.03. The zero-order valence-corrected chi connectivity index (χ0v) is 11.5. The fourth-order valence-corrected chi connectivity index (χ4v) is 2.43. The number of allylic oxidation sites excluding steroid dienone is 1. The Bertz CT molecular complexity index is 582. The molecule has 0 fully saturated rings. The number of hydrogen-bond donors (Lipinski definition) is 0. The van der Waals surface area contributed by atoms with Crippen LogP contribution in [0, 0.1) is 0 Å². The molecule has 3 nitrogen and oxygen atoms in total. The summed E-state index contributed by atoms with van der Waals surface area (Å²) in [6.07, 6.45) is 0. The minimum atomic E-state index is -1.23. The summed E-state index contributed by atoms with van der Waals surface area (Å²) >= 11 is 11.9. The van der Waals surface area contributed by atoms with E-state index in [-0.39, 0.29) is 5.03 Å². The van der Waals surface area contributed by atoms with Crippen LogP contribution in [0.5, 0.6) is 0 Å². The van der Waals surface area contributed by atoms with Crippen LogP contribution in [-0.2, 0) is 15.0 Å². The van der Waals surface area contributed by atoms with Gasteiger partial charge in [0.25, 0.3) is 5.91 Å². The van der Waals surface area contributed by atoms with Crippen LogP contribution in [0.2, 0.25) is 5.02 Å². The van der Waals surface area contributed by atoms with Crippen molar-refractivity contribution in [3.05, 3.63) is 40.4 Å². The molecule has 1 heterocycles. The van der Waals surface area contributed by atoms with Crippen molar-refractivity contribution in [1.29, 1.82) is 0 Å². The molecule has 18 heavy (non-hydrogen) atoms. The second-order valence-electron chi connectivity index (χ2n) is 4.38. The third kappa shape index (κ3) is 1.58. The number of hydrogen-bond acceptors (Lipinski definition) is 2. The minimum absolute atomic E-state index is 0.109. The molecular weight excluding hydrogens is 273 g/mol. The van der Waals surface area contributed by atoms with Crippen LogP contribution in [0.15, 0.2) is 29.8 Å². The Balaban J connectivity index is 2.82. The Hall–Kier alpha value is -1.32. The summed E-state index contributed by atoms with van der Waals surface area (Å²) < 4.78 is 0. The maximum Gasteiger partial charge on any atom is 0.295 e. The molecule has 0 bridgehead atoms. The summed E-state index contributed by atoms with van der Waals surface area (Å²) in [7, 11) is 1.55. The summed E-state index contributed by atoms with van der Waals surface area (Å²) in [5, 5.41) is 0.589. The zero-order valence-electron chi connectivity index (χ0n) is 9.96. The molecule has 1 unspecified atom stereocenters. The summed E-state index contributed by atoms with van der Waals surface area (Å²) in [6.45, 7) is 5.21. The average molecular weight is 284 g/mol. The van der Waals surface area contributed by atoms with Gasteiger partial charge in [0.1, 0.15) is 0 Å². The van der Waals surface area contributed by atoms with Crippen LogP contribution >= 0.6 is 23.2 Å². The van der Waals surface area contributed by atoms with Crippen LogP contribution in [0.4, 0.5) is 5.69 Å². The molecule has 1 aliphatic rings. The lowest BCUT2D eigenvalue weighted by atomic mass is 9.74. The normalized spacial score (nSPS) is 23.0. The van der Waals surface area contributed by atoms with E-state index < -0.39 is 17.1 Å². The Morgan fingerprint density at radius 2 is 2.00 bits per heavy atom. The molecule has 0 spiro atoms. The molecule has 1 amide bonds. The van der Waals surface area contributed by atoms with E-state index in [1.165, 1.54) is 4.90 Å². The van der Waals surface area contributed by atoms with E-state index in [4.69, 9.17) is 23.2 Å². The van der Waals surface area contributed by atoms with E-state index in [0.29, 0.717) is 16.3 Å². The number of likely N-dealkylation sites (N-methyl/N-ethyl adjacent to an activating group) is 1. The van der Waals surface area contributed by atoms with E-state index in [0.717, 1.165) is 0 Å². The highest BCUT2D eigenvalue weighted by Gasteiger charge is 2.48. The number of ketones is 1. The lowest BCUT2D eigenvalue weighted by Gasteiger charge is -2.37. The van der Waals surface area contributed by atoms with Crippen molar-refractivity contribution in [2.75, 3.05) is 11.9 Å². The van der Waals surface area contributed by atoms with Crippen molar-refractivity contribution in [3.63, 3.8) is 0 Å². The highest BCUT2D eigenvalue weighted by molar-refractivity contribution is 6.49. The molecular formula is C13H11Cl2NO2. The highest BCUT2D eigenvalue weighted by atomic mass is 35.5. The second-order valence-corrected chi connectivity index (χ2v) is 5.28. The maximum atomic E-state index is 12.2. The largest absolute Gasteiger partial charge is 0.309 e. The number of Topliss-reactive ketones (excluding diaryl/α,β-unsaturated/α-hetero) is 1. The fraction of sp³-hybridized carbons (Fsp3) is 0.231. The first-order valence-electron chi connectivity index (χ1n) is 5.27. The number of anilines is 1. The topological polar surface area (TPSA) is 37.4 Å². The lowest BCUT2D eigenvalue weighted by molar-refractivity contribution is -0.138. The van der Waals surface area contributed by atoms with Gasteiger partial charge in [-0.25, -0.2) is 0 Å². The molecule has 2 rings (SSSR count). The van der Waals surface area contributed by atoms with Gasteiger partial charge < -0.3 is 4.90 Å². The molecule has 1 aliphatic heterocycles. The number of carbonyl (C=O) groups is 2. The number of rotatable bonds is 1. The number of fused-ring (bicyclic) bond motifs is 1. The maximum absolute atomic E-state index is 12.2. The van der Waals surface area contributed by atoms with Crippen LogP contribution < -0.4 is 4.90 Å². The third-order valence-electron chi connectivity index (χ3n) is 3.35. The number of benzene rings is 1. The number of nitrogens with zero attached hydrogens (tertiary/aromatic N) is 1. The molecule has 94 valence electrons. The van der Waals surface area contributed by atoms with Gasteiger partial charge in [0.15, 0.2) is 0 Å². The first-order chi connectivity index (χ1) is 8.30. The average Bonchev–Trinajstić information content (AvgIpc) is 2.33. The van der Waals surface area contributed by atoms with Crippen molar-refractivity contribution in [3.8, 4) is 0 Å². The Morgan fingerprint density at radius 1 is 1.39 bits per heavy atom. The van der Waals surface area contributed by atoms with Gasteiger partial charge >= 0.3 is 0 Å². The molecule has 0 saturated carbocycles. The molecule has 0 aliphatic carbocycles. The Labute approximate surface area is 115 Å².